The van der Waals surface area contributed by atoms with Gasteiger partial charge in [0, 0.05) is 11.8 Å². The molecule has 7 heteroatoms. The number of rotatable bonds is 6. The van der Waals surface area contributed by atoms with E-state index in [4.69, 9.17) is 10.5 Å². The van der Waals surface area contributed by atoms with Crippen LogP contribution in [-0.2, 0) is 6.54 Å². The molecule has 144 valence electrons. The number of aromatic nitrogens is 3. The van der Waals surface area contributed by atoms with Gasteiger partial charge in [-0.3, -0.25) is 0 Å². The second-order valence-corrected chi connectivity index (χ2v) is 6.28. The van der Waals surface area contributed by atoms with Crippen molar-refractivity contribution in [2.45, 2.75) is 6.54 Å². The smallest absolute Gasteiger partial charge is 0.193 e. The summed E-state index contributed by atoms with van der Waals surface area (Å²) in [7, 11) is 0. The molecule has 0 aliphatic carbocycles. The number of benzene rings is 3. The van der Waals surface area contributed by atoms with E-state index >= 15 is 0 Å². The quantitative estimate of drug-likeness (QED) is 0.387. The number of ether oxygens (including phenoxy) is 1. The number of guanidine groups is 1. The number of aliphatic imine (C=N–C) groups is 1. The summed E-state index contributed by atoms with van der Waals surface area (Å²) in [6.45, 7) is 0.469. The van der Waals surface area contributed by atoms with E-state index in [1.165, 1.54) is 6.33 Å². The summed E-state index contributed by atoms with van der Waals surface area (Å²) in [5.74, 6) is 1.83. The van der Waals surface area contributed by atoms with Gasteiger partial charge in [-0.1, -0.05) is 36.4 Å². The van der Waals surface area contributed by atoms with E-state index in [1.54, 1.807) is 11.0 Å². The van der Waals surface area contributed by atoms with Crippen LogP contribution in [0.4, 0.5) is 5.69 Å². The molecule has 0 radical (unpaired) electrons. The predicted molar refractivity (Wildman–Crippen MR) is 113 cm³/mol. The van der Waals surface area contributed by atoms with Crippen LogP contribution in [0.15, 0.2) is 96.5 Å². The van der Waals surface area contributed by atoms with Crippen molar-refractivity contribution in [3.63, 3.8) is 0 Å². The molecule has 0 aliphatic heterocycles. The lowest BCUT2D eigenvalue weighted by atomic mass is 10.2. The molecule has 1 heterocycles. The lowest BCUT2D eigenvalue weighted by Gasteiger charge is -2.09. The fourth-order valence-corrected chi connectivity index (χ4v) is 2.72. The van der Waals surface area contributed by atoms with Crippen LogP contribution in [0.5, 0.6) is 11.5 Å². The maximum atomic E-state index is 6.04. The largest absolute Gasteiger partial charge is 0.457 e. The molecule has 0 saturated carbocycles. The van der Waals surface area contributed by atoms with Gasteiger partial charge in [0.25, 0.3) is 0 Å². The average Bonchev–Trinajstić information content (AvgIpc) is 3.29. The number of nitrogens with two attached hydrogens (primary N) is 1. The molecule has 0 saturated heterocycles. The predicted octanol–water partition coefficient (Wildman–Crippen LogP) is 3.99. The fraction of sp³-hybridized carbons (Fsp3) is 0.0455. The molecule has 7 nitrogen and oxygen atoms in total. The van der Waals surface area contributed by atoms with Crippen molar-refractivity contribution < 1.29 is 4.74 Å². The molecule has 0 aliphatic rings. The van der Waals surface area contributed by atoms with Crippen LogP contribution >= 0.6 is 0 Å². The van der Waals surface area contributed by atoms with E-state index in [9.17, 15) is 0 Å². The molecular formula is C22H20N6O. The second-order valence-electron chi connectivity index (χ2n) is 6.28. The van der Waals surface area contributed by atoms with Crippen molar-refractivity contribution in [1.82, 2.24) is 14.8 Å². The number of hydrogen-bond donors (Lipinski definition) is 2. The molecule has 0 bridgehead atoms. The third kappa shape index (κ3) is 4.98. The van der Waals surface area contributed by atoms with Crippen molar-refractivity contribution in [3.05, 3.63) is 97.1 Å². The first-order valence-electron chi connectivity index (χ1n) is 9.10. The number of hydrogen-bond acceptors (Lipinski definition) is 4. The second kappa shape index (κ2) is 8.71. The Labute approximate surface area is 168 Å². The number of nitrogens with one attached hydrogen (secondary N) is 1. The van der Waals surface area contributed by atoms with Crippen LogP contribution in [0, 0.1) is 0 Å². The number of para-hydroxylation sites is 1. The minimum absolute atomic E-state index is 0.335. The minimum atomic E-state index is 0.335. The van der Waals surface area contributed by atoms with Crippen molar-refractivity contribution in [2.75, 3.05) is 5.32 Å². The summed E-state index contributed by atoms with van der Waals surface area (Å²) >= 11 is 0. The van der Waals surface area contributed by atoms with Crippen molar-refractivity contribution >= 4 is 11.6 Å². The van der Waals surface area contributed by atoms with E-state index in [0.717, 1.165) is 28.4 Å². The van der Waals surface area contributed by atoms with Crippen molar-refractivity contribution in [3.8, 4) is 17.2 Å². The van der Waals surface area contributed by atoms with Gasteiger partial charge in [0.1, 0.15) is 24.2 Å². The van der Waals surface area contributed by atoms with E-state index in [0.29, 0.717) is 12.5 Å². The topological polar surface area (TPSA) is 90.4 Å². The maximum Gasteiger partial charge on any atom is 0.193 e. The van der Waals surface area contributed by atoms with E-state index in [1.807, 2.05) is 78.9 Å². The van der Waals surface area contributed by atoms with Gasteiger partial charge in [0.2, 0.25) is 0 Å². The van der Waals surface area contributed by atoms with Crippen LogP contribution < -0.4 is 15.8 Å². The summed E-state index contributed by atoms with van der Waals surface area (Å²) in [6, 6.07) is 25.1. The van der Waals surface area contributed by atoms with Gasteiger partial charge in [-0.25, -0.2) is 14.7 Å². The molecule has 3 aromatic carbocycles. The standard InChI is InChI=1S/C22H20N6O/c23-22(25-14-17-9-11-19(12-10-17)28-16-24-15-26-28)27-18-5-4-8-21(13-18)29-20-6-2-1-3-7-20/h1-13,15-16H,14H2,(H3,23,25,27). The fourth-order valence-electron chi connectivity index (χ4n) is 2.72. The molecule has 0 amide bonds. The molecular weight excluding hydrogens is 364 g/mol. The van der Waals surface area contributed by atoms with E-state index in [2.05, 4.69) is 20.4 Å². The van der Waals surface area contributed by atoms with Gasteiger partial charge in [0.15, 0.2) is 5.96 Å². The number of anilines is 1. The highest BCUT2D eigenvalue weighted by Gasteiger charge is 2.01. The summed E-state index contributed by atoms with van der Waals surface area (Å²) in [5.41, 5.74) is 8.83. The first kappa shape index (κ1) is 18.2. The zero-order valence-electron chi connectivity index (χ0n) is 15.6. The molecule has 4 aromatic rings. The lowest BCUT2D eigenvalue weighted by molar-refractivity contribution is 0.483. The molecule has 3 N–H and O–H groups in total. The van der Waals surface area contributed by atoms with Crippen molar-refractivity contribution in [2.24, 2.45) is 10.7 Å². The van der Waals surface area contributed by atoms with Crippen LogP contribution in [0.2, 0.25) is 0 Å². The molecule has 1 aromatic heterocycles. The zero-order valence-corrected chi connectivity index (χ0v) is 15.6. The molecule has 0 atom stereocenters. The number of nitrogens with zero attached hydrogens (tertiary/aromatic N) is 4. The van der Waals surface area contributed by atoms with E-state index < -0.39 is 0 Å². The highest BCUT2D eigenvalue weighted by Crippen LogP contribution is 2.23. The Morgan fingerprint density at radius 1 is 0.966 bits per heavy atom. The molecule has 0 unspecified atom stereocenters. The Morgan fingerprint density at radius 3 is 2.52 bits per heavy atom. The van der Waals surface area contributed by atoms with Crippen LogP contribution in [0.1, 0.15) is 5.56 Å². The lowest BCUT2D eigenvalue weighted by Crippen LogP contribution is -2.22. The van der Waals surface area contributed by atoms with Crippen LogP contribution in [0.25, 0.3) is 5.69 Å². The summed E-state index contributed by atoms with van der Waals surface area (Å²) < 4.78 is 7.54. The third-order valence-corrected chi connectivity index (χ3v) is 4.14. The first-order chi connectivity index (χ1) is 14.3. The molecule has 4 rings (SSSR count). The van der Waals surface area contributed by atoms with Crippen LogP contribution in [0.3, 0.4) is 0 Å². The Hall–Kier alpha value is -4.13. The zero-order chi connectivity index (χ0) is 19.9. The summed E-state index contributed by atoms with van der Waals surface area (Å²) in [5, 5.41) is 7.21. The molecule has 0 fully saturated rings. The minimum Gasteiger partial charge on any atom is -0.457 e. The van der Waals surface area contributed by atoms with Gasteiger partial charge in [-0.15, -0.1) is 0 Å². The summed E-state index contributed by atoms with van der Waals surface area (Å²) in [6.07, 6.45) is 3.16. The van der Waals surface area contributed by atoms with Gasteiger partial charge < -0.3 is 15.8 Å². The summed E-state index contributed by atoms with van der Waals surface area (Å²) in [4.78, 5) is 8.35. The Balaban J connectivity index is 1.37. The average molecular weight is 384 g/mol. The first-order valence-corrected chi connectivity index (χ1v) is 9.10. The third-order valence-electron chi connectivity index (χ3n) is 4.14. The van der Waals surface area contributed by atoms with Gasteiger partial charge >= 0.3 is 0 Å². The highest BCUT2D eigenvalue weighted by molar-refractivity contribution is 5.92. The Kier molecular flexibility index (Phi) is 5.48. The van der Waals surface area contributed by atoms with Crippen molar-refractivity contribution in [1.29, 1.82) is 0 Å². The molecule has 29 heavy (non-hydrogen) atoms. The Bertz CT molecular complexity index is 1080. The van der Waals surface area contributed by atoms with Gasteiger partial charge in [-0.2, -0.15) is 5.10 Å². The Morgan fingerprint density at radius 2 is 1.76 bits per heavy atom. The van der Waals surface area contributed by atoms with E-state index in [-0.39, 0.29) is 0 Å². The van der Waals surface area contributed by atoms with Gasteiger partial charge in [0.05, 0.1) is 12.2 Å². The monoisotopic (exact) mass is 384 g/mol. The SMILES string of the molecule is NC(=NCc1ccc(-n2cncn2)cc1)Nc1cccc(Oc2ccccc2)c1. The highest BCUT2D eigenvalue weighted by atomic mass is 16.5. The van der Waals surface area contributed by atoms with Crippen LogP contribution in [-0.4, -0.2) is 20.7 Å². The molecule has 0 spiro atoms. The maximum absolute atomic E-state index is 6.04. The van der Waals surface area contributed by atoms with Gasteiger partial charge in [-0.05, 0) is 42.0 Å². The normalized spacial score (nSPS) is 11.2.